The van der Waals surface area contributed by atoms with Crippen molar-refractivity contribution in [2.24, 2.45) is 0 Å². The third-order valence-electron chi connectivity index (χ3n) is 10.0. The lowest BCUT2D eigenvalue weighted by atomic mass is 9.99. The van der Waals surface area contributed by atoms with Gasteiger partial charge in [-0.15, -0.1) is 0 Å². The number of hydrogen-bond acceptors (Lipinski definition) is 11. The average Bonchev–Trinajstić information content (AvgIpc) is 3.11. The second kappa shape index (κ2) is 30.3. The maximum atomic E-state index is 13.0. The summed E-state index contributed by atoms with van der Waals surface area (Å²) in [4.78, 5) is 13.0. The van der Waals surface area contributed by atoms with Crippen LogP contribution in [0.15, 0.2) is 0 Å². The Bertz CT molecular complexity index is 974. The average molecular weight is 770 g/mol. The molecule has 1 aliphatic heterocycles. The van der Waals surface area contributed by atoms with Crippen LogP contribution in [0.2, 0.25) is 0 Å². The molecule has 0 saturated carbocycles. The lowest BCUT2D eigenvalue weighted by Crippen LogP contribution is -2.61. The van der Waals surface area contributed by atoms with Crippen molar-refractivity contribution in [3.8, 4) is 0 Å². The van der Waals surface area contributed by atoms with E-state index in [2.05, 4.69) is 23.3 Å². The molecule has 1 aliphatic rings. The summed E-state index contributed by atoms with van der Waals surface area (Å²) >= 11 is 0. The van der Waals surface area contributed by atoms with Gasteiger partial charge in [0.1, 0.15) is 30.5 Å². The monoisotopic (exact) mass is 770 g/mol. The summed E-state index contributed by atoms with van der Waals surface area (Å²) in [6.07, 6.45) is 15.9. The van der Waals surface area contributed by atoms with Crippen molar-refractivity contribution in [1.82, 2.24) is 5.32 Å². The highest BCUT2D eigenvalue weighted by atomic mass is 32.3. The van der Waals surface area contributed by atoms with Gasteiger partial charge >= 0.3 is 10.4 Å². The number of unbranched alkanes of at least 4 members (excludes halogenated alkanes) is 21. The largest absolute Gasteiger partial charge is 0.397 e. The standard InChI is InChI=1S/C38H75NO12S/c1-3-5-7-9-11-13-15-16-17-19-21-23-25-27-32(42)37(45)39-30(31(41)26-24-22-20-18-14-12-10-8-6-4-2)29-49-38-35(44)36(51-52(46,47)48)34(43)33(28-40)50-38/h30-36,38,40-44H,3-29H2,1-2H3,(H,39,45)(H,46,47,48). The van der Waals surface area contributed by atoms with Gasteiger partial charge in [0.05, 0.1) is 25.4 Å². The quantitative estimate of drug-likeness (QED) is 0.0314. The van der Waals surface area contributed by atoms with E-state index < -0.39 is 78.5 Å². The van der Waals surface area contributed by atoms with Gasteiger partial charge in [-0.3, -0.25) is 9.35 Å². The van der Waals surface area contributed by atoms with Gasteiger partial charge in [-0.2, -0.15) is 8.42 Å². The topological polar surface area (TPSA) is 212 Å². The lowest BCUT2D eigenvalue weighted by Gasteiger charge is -2.41. The maximum Gasteiger partial charge on any atom is 0.397 e. The molecule has 0 aliphatic carbocycles. The predicted molar refractivity (Wildman–Crippen MR) is 201 cm³/mol. The van der Waals surface area contributed by atoms with Gasteiger partial charge in [0.15, 0.2) is 6.29 Å². The molecule has 0 aromatic rings. The fourth-order valence-electron chi connectivity index (χ4n) is 6.70. The summed E-state index contributed by atoms with van der Waals surface area (Å²) < 4.78 is 47.3. The van der Waals surface area contributed by atoms with Crippen molar-refractivity contribution in [2.45, 2.75) is 223 Å². The van der Waals surface area contributed by atoms with Crippen LogP contribution in [0.3, 0.4) is 0 Å². The van der Waals surface area contributed by atoms with Crippen molar-refractivity contribution in [1.29, 1.82) is 0 Å². The molecule has 0 spiro atoms. The molecule has 1 saturated heterocycles. The fraction of sp³-hybridized carbons (Fsp3) is 0.974. The molecule has 1 heterocycles. The number of ether oxygens (including phenoxy) is 2. The van der Waals surface area contributed by atoms with Crippen LogP contribution in [-0.4, -0.2) is 107 Å². The van der Waals surface area contributed by atoms with Crippen LogP contribution in [0.5, 0.6) is 0 Å². The number of rotatable bonds is 34. The van der Waals surface area contributed by atoms with E-state index in [1.165, 1.54) is 96.3 Å². The lowest BCUT2D eigenvalue weighted by molar-refractivity contribution is -0.298. The van der Waals surface area contributed by atoms with Crippen molar-refractivity contribution in [3.05, 3.63) is 0 Å². The van der Waals surface area contributed by atoms with Crippen LogP contribution in [-0.2, 0) is 28.9 Å². The summed E-state index contributed by atoms with van der Waals surface area (Å²) in [6, 6.07) is -1.02. The first-order valence-electron chi connectivity index (χ1n) is 20.5. The Morgan fingerprint density at radius 3 is 1.54 bits per heavy atom. The van der Waals surface area contributed by atoms with Gasteiger partial charge in [-0.25, -0.2) is 4.18 Å². The van der Waals surface area contributed by atoms with Crippen molar-refractivity contribution in [3.63, 3.8) is 0 Å². The Morgan fingerprint density at radius 1 is 0.692 bits per heavy atom. The van der Waals surface area contributed by atoms with Crippen LogP contribution in [0.25, 0.3) is 0 Å². The molecule has 1 rings (SSSR count). The third-order valence-corrected chi connectivity index (χ3v) is 10.5. The number of carbonyl (C=O) groups excluding carboxylic acids is 1. The van der Waals surface area contributed by atoms with Crippen molar-refractivity contribution < 1.29 is 57.0 Å². The van der Waals surface area contributed by atoms with Gasteiger partial charge in [0.25, 0.3) is 0 Å². The highest BCUT2D eigenvalue weighted by Gasteiger charge is 2.48. The SMILES string of the molecule is CCCCCCCCCCCCCCCC(O)C(=O)NC(COC1OC(CO)C(O)C(OS(=O)(=O)O)C1O)C(O)CCCCCCCCCCCC. The van der Waals surface area contributed by atoms with Crippen LogP contribution in [0, 0.1) is 0 Å². The molecule has 52 heavy (non-hydrogen) atoms. The minimum Gasteiger partial charge on any atom is -0.394 e. The fourth-order valence-corrected chi connectivity index (χ4v) is 7.21. The van der Waals surface area contributed by atoms with E-state index in [1.807, 2.05) is 0 Å². The van der Waals surface area contributed by atoms with Gasteiger partial charge in [0, 0.05) is 0 Å². The number of aliphatic hydroxyl groups is 5. The Morgan fingerprint density at radius 2 is 1.12 bits per heavy atom. The van der Waals surface area contributed by atoms with Gasteiger partial charge in [-0.05, 0) is 12.8 Å². The molecule has 14 heteroatoms. The molecule has 0 aromatic carbocycles. The molecule has 8 atom stereocenters. The Balaban J connectivity index is 2.63. The number of nitrogens with one attached hydrogen (secondary N) is 1. The van der Waals surface area contributed by atoms with Gasteiger partial charge < -0.3 is 40.3 Å². The normalized spacial score (nSPS) is 22.7. The summed E-state index contributed by atoms with van der Waals surface area (Å²) in [5.74, 6) is -0.670. The third kappa shape index (κ3) is 23.1. The maximum absolute atomic E-state index is 13.0. The zero-order valence-electron chi connectivity index (χ0n) is 32.3. The second-order valence-corrected chi connectivity index (χ2v) is 15.8. The zero-order chi connectivity index (χ0) is 38.6. The molecular weight excluding hydrogens is 694 g/mol. The Hall–Kier alpha value is -0.940. The van der Waals surface area contributed by atoms with E-state index in [0.717, 1.165) is 38.5 Å². The molecular formula is C38H75NO12S. The number of amides is 1. The summed E-state index contributed by atoms with van der Waals surface area (Å²) in [7, 11) is -5.10. The molecule has 1 fully saturated rings. The minimum atomic E-state index is -5.10. The first-order valence-corrected chi connectivity index (χ1v) is 21.9. The zero-order valence-corrected chi connectivity index (χ0v) is 33.1. The van der Waals surface area contributed by atoms with Crippen LogP contribution in [0.1, 0.15) is 174 Å². The van der Waals surface area contributed by atoms with Crippen molar-refractivity contribution >= 4 is 16.3 Å². The highest BCUT2D eigenvalue weighted by molar-refractivity contribution is 7.80. The smallest absolute Gasteiger partial charge is 0.394 e. The van der Waals surface area contributed by atoms with Crippen LogP contribution < -0.4 is 5.32 Å². The Labute approximate surface area is 314 Å². The van der Waals surface area contributed by atoms with Crippen molar-refractivity contribution in [2.75, 3.05) is 13.2 Å². The van der Waals surface area contributed by atoms with Crippen LogP contribution in [0.4, 0.5) is 0 Å². The summed E-state index contributed by atoms with van der Waals surface area (Å²) in [5, 5.41) is 55.0. The molecule has 7 N–H and O–H groups in total. The van der Waals surface area contributed by atoms with E-state index in [4.69, 9.17) is 14.0 Å². The number of carbonyl (C=O) groups is 1. The molecule has 1 amide bonds. The van der Waals surface area contributed by atoms with Gasteiger partial charge in [-0.1, -0.05) is 162 Å². The first kappa shape index (κ1) is 49.1. The molecule has 8 unspecified atom stereocenters. The van der Waals surface area contributed by atoms with E-state index in [-0.39, 0.29) is 6.42 Å². The summed E-state index contributed by atoms with van der Waals surface area (Å²) in [5.41, 5.74) is 0. The summed E-state index contributed by atoms with van der Waals surface area (Å²) in [6.45, 7) is 3.23. The molecule has 0 radical (unpaired) electrons. The van der Waals surface area contributed by atoms with Crippen LogP contribution >= 0.6 is 0 Å². The number of aliphatic hydroxyl groups excluding tert-OH is 5. The van der Waals surface area contributed by atoms with E-state index >= 15 is 0 Å². The first-order chi connectivity index (χ1) is 24.9. The second-order valence-electron chi connectivity index (χ2n) is 14.7. The van der Waals surface area contributed by atoms with Gasteiger partial charge in [0.2, 0.25) is 5.91 Å². The van der Waals surface area contributed by atoms with E-state index in [1.54, 1.807) is 0 Å². The predicted octanol–water partition coefficient (Wildman–Crippen LogP) is 5.63. The molecule has 310 valence electrons. The van der Waals surface area contributed by atoms with E-state index in [0.29, 0.717) is 19.3 Å². The Kier molecular flexibility index (Phi) is 28.6. The van der Waals surface area contributed by atoms with E-state index in [9.17, 15) is 38.7 Å². The highest BCUT2D eigenvalue weighted by Crippen LogP contribution is 2.26. The molecule has 0 aromatic heterocycles. The minimum absolute atomic E-state index is 0.265. The molecule has 13 nitrogen and oxygen atoms in total. The number of hydrogen-bond donors (Lipinski definition) is 7. The molecule has 0 bridgehead atoms.